The summed E-state index contributed by atoms with van der Waals surface area (Å²) in [6, 6.07) is 9.78. The zero-order chi connectivity index (χ0) is 18.5. The van der Waals surface area contributed by atoms with Crippen LogP contribution >= 0.6 is 11.6 Å². The van der Waals surface area contributed by atoms with Gasteiger partial charge in [-0.05, 0) is 39.8 Å². The Morgan fingerprint density at radius 3 is 2.52 bits per heavy atom. The van der Waals surface area contributed by atoms with Gasteiger partial charge in [0.1, 0.15) is 5.82 Å². The Hall–Kier alpha value is -1.66. The van der Waals surface area contributed by atoms with E-state index in [1.165, 1.54) is 0 Å². The molecule has 27 heavy (non-hydrogen) atoms. The number of aromatic nitrogens is 5. The van der Waals surface area contributed by atoms with Gasteiger partial charge in [-0.1, -0.05) is 29.8 Å². The van der Waals surface area contributed by atoms with E-state index in [0.29, 0.717) is 10.7 Å². The van der Waals surface area contributed by atoms with Gasteiger partial charge in [0.05, 0.1) is 22.8 Å². The van der Waals surface area contributed by atoms with E-state index in [1.54, 1.807) is 6.20 Å². The molecule has 1 N–H and O–H groups in total. The van der Waals surface area contributed by atoms with E-state index in [9.17, 15) is 0 Å². The number of benzene rings is 1. The summed E-state index contributed by atoms with van der Waals surface area (Å²) in [5.41, 5.74) is 5.44. The topological polar surface area (TPSA) is 59.4 Å². The smallest absolute Gasteiger partial charge is 1.00 e. The number of nitrogens with one attached hydrogen (secondary N) is 1. The van der Waals surface area contributed by atoms with Crippen LogP contribution < -0.4 is 29.6 Å². The summed E-state index contributed by atoms with van der Waals surface area (Å²) >= 11 is 6.31. The zero-order valence-electron chi connectivity index (χ0n) is 17.2. The van der Waals surface area contributed by atoms with Crippen LogP contribution in [0.5, 0.6) is 0 Å². The van der Waals surface area contributed by atoms with Crippen molar-refractivity contribution in [2.75, 3.05) is 0 Å². The summed E-state index contributed by atoms with van der Waals surface area (Å²) in [5, 5.41) is 5.23. The van der Waals surface area contributed by atoms with Gasteiger partial charge in [0, 0.05) is 28.0 Å². The molecule has 0 radical (unpaired) electrons. The van der Waals surface area contributed by atoms with E-state index in [2.05, 4.69) is 47.7 Å². The molecule has 0 atom stereocenters. The molecule has 0 spiro atoms. The maximum absolute atomic E-state index is 6.31. The van der Waals surface area contributed by atoms with Crippen LogP contribution in [0.2, 0.25) is 5.02 Å². The maximum atomic E-state index is 6.31. The molecule has 0 aliphatic heterocycles. The van der Waals surface area contributed by atoms with E-state index in [0.717, 1.165) is 33.7 Å². The number of pyridine rings is 1. The zero-order valence-corrected chi connectivity index (χ0v) is 19.0. The van der Waals surface area contributed by atoms with Crippen LogP contribution in [-0.4, -0.2) is 24.7 Å². The first-order valence-corrected chi connectivity index (χ1v) is 8.88. The van der Waals surface area contributed by atoms with Crippen molar-refractivity contribution in [3.05, 3.63) is 53.4 Å². The quantitative estimate of drug-likeness (QED) is 0.535. The second kappa shape index (κ2) is 7.40. The molecule has 0 amide bonds. The molecule has 0 aliphatic carbocycles. The summed E-state index contributed by atoms with van der Waals surface area (Å²) in [6.45, 7) is 8.45. The molecule has 1 aromatic carbocycles. The standard InChI is InChI=1S/C20H20ClN5.Na.H/c1-12-15(11-23-26(12)20(2,3)4)18-24-17-9-13(10-22-19(17)25-18)14-7-5-6-8-16(14)21;;/h5-11H,1-4H3,(H,22,24,25);;/q;+1;-1. The fourth-order valence-corrected chi connectivity index (χ4v) is 3.43. The van der Waals surface area contributed by atoms with Gasteiger partial charge in [-0.2, -0.15) is 5.10 Å². The first kappa shape index (κ1) is 20.1. The van der Waals surface area contributed by atoms with E-state index >= 15 is 0 Å². The van der Waals surface area contributed by atoms with Crippen molar-refractivity contribution in [1.82, 2.24) is 24.7 Å². The van der Waals surface area contributed by atoms with E-state index in [4.69, 9.17) is 11.6 Å². The molecule has 0 aliphatic rings. The molecule has 0 unspecified atom stereocenters. The Bertz CT molecular complexity index is 1110. The normalized spacial score (nSPS) is 11.6. The Kier molecular flexibility index (Phi) is 5.50. The third-order valence-electron chi connectivity index (χ3n) is 4.42. The van der Waals surface area contributed by atoms with Gasteiger partial charge in [0.15, 0.2) is 5.65 Å². The monoisotopic (exact) mass is 389 g/mol. The number of fused-ring (bicyclic) bond motifs is 1. The largest absolute Gasteiger partial charge is 1.00 e. The number of hydrogen-bond acceptors (Lipinski definition) is 3. The molecule has 0 saturated carbocycles. The molecular weight excluding hydrogens is 369 g/mol. The summed E-state index contributed by atoms with van der Waals surface area (Å²) in [5.74, 6) is 0.775. The van der Waals surface area contributed by atoms with Crippen LogP contribution in [-0.2, 0) is 5.54 Å². The molecule has 134 valence electrons. The average Bonchev–Trinajstić information content (AvgIpc) is 3.17. The minimum Gasteiger partial charge on any atom is -1.00 e. The molecule has 4 aromatic rings. The second-order valence-corrected chi connectivity index (χ2v) is 7.79. The molecule has 3 heterocycles. The third kappa shape index (κ3) is 3.69. The summed E-state index contributed by atoms with van der Waals surface area (Å²) < 4.78 is 2.01. The van der Waals surface area contributed by atoms with Crippen molar-refractivity contribution in [3.8, 4) is 22.5 Å². The summed E-state index contributed by atoms with van der Waals surface area (Å²) in [4.78, 5) is 12.5. The van der Waals surface area contributed by atoms with Gasteiger partial charge in [-0.15, -0.1) is 0 Å². The number of aromatic amines is 1. The fraction of sp³-hybridized carbons (Fsp3) is 0.250. The average molecular weight is 390 g/mol. The Morgan fingerprint density at radius 2 is 1.85 bits per heavy atom. The van der Waals surface area contributed by atoms with Crippen molar-refractivity contribution in [1.29, 1.82) is 0 Å². The fourth-order valence-electron chi connectivity index (χ4n) is 3.19. The van der Waals surface area contributed by atoms with Crippen LogP contribution in [0.25, 0.3) is 33.7 Å². The molecule has 0 bridgehead atoms. The third-order valence-corrected chi connectivity index (χ3v) is 4.75. The van der Waals surface area contributed by atoms with Crippen LogP contribution in [0.1, 0.15) is 27.9 Å². The Balaban J connectivity index is 0.00000140. The van der Waals surface area contributed by atoms with Gasteiger partial charge in [0.2, 0.25) is 0 Å². The van der Waals surface area contributed by atoms with Gasteiger partial charge in [-0.3, -0.25) is 4.68 Å². The number of nitrogens with zero attached hydrogens (tertiary/aromatic N) is 4. The number of imidazole rings is 1. The van der Waals surface area contributed by atoms with Gasteiger partial charge in [0.25, 0.3) is 0 Å². The Labute approximate surface area is 187 Å². The van der Waals surface area contributed by atoms with Gasteiger partial charge >= 0.3 is 29.6 Å². The molecule has 4 rings (SSSR count). The minimum atomic E-state index is -0.0795. The predicted octanol–water partition coefficient (Wildman–Crippen LogP) is 2.32. The molecule has 0 saturated heterocycles. The Morgan fingerprint density at radius 1 is 1.11 bits per heavy atom. The molecule has 3 aromatic heterocycles. The molecular formula is C20H21ClN5Na. The molecule has 7 heteroatoms. The van der Waals surface area contributed by atoms with E-state index in [1.807, 2.05) is 41.2 Å². The van der Waals surface area contributed by atoms with Crippen molar-refractivity contribution < 1.29 is 31.0 Å². The van der Waals surface area contributed by atoms with E-state index < -0.39 is 0 Å². The first-order chi connectivity index (χ1) is 12.3. The van der Waals surface area contributed by atoms with Crippen molar-refractivity contribution in [2.45, 2.75) is 33.2 Å². The number of rotatable bonds is 2. The van der Waals surface area contributed by atoms with Crippen LogP contribution in [0, 0.1) is 6.92 Å². The van der Waals surface area contributed by atoms with Gasteiger partial charge in [-0.25, -0.2) is 9.97 Å². The van der Waals surface area contributed by atoms with Crippen molar-refractivity contribution >= 4 is 22.8 Å². The minimum absolute atomic E-state index is 0. The number of hydrogen-bond donors (Lipinski definition) is 1. The van der Waals surface area contributed by atoms with Crippen molar-refractivity contribution in [3.63, 3.8) is 0 Å². The maximum Gasteiger partial charge on any atom is 1.00 e. The van der Waals surface area contributed by atoms with Crippen LogP contribution in [0.3, 0.4) is 0 Å². The number of halogens is 1. The first-order valence-electron chi connectivity index (χ1n) is 8.51. The summed E-state index contributed by atoms with van der Waals surface area (Å²) in [6.07, 6.45) is 3.66. The predicted molar refractivity (Wildman–Crippen MR) is 106 cm³/mol. The van der Waals surface area contributed by atoms with E-state index in [-0.39, 0.29) is 36.5 Å². The molecule has 5 nitrogen and oxygen atoms in total. The second-order valence-electron chi connectivity index (χ2n) is 7.39. The number of H-pyrrole nitrogens is 1. The van der Waals surface area contributed by atoms with Crippen LogP contribution in [0.4, 0.5) is 0 Å². The van der Waals surface area contributed by atoms with Crippen molar-refractivity contribution in [2.24, 2.45) is 0 Å². The van der Waals surface area contributed by atoms with Crippen LogP contribution in [0.15, 0.2) is 42.7 Å². The van der Waals surface area contributed by atoms with Gasteiger partial charge < -0.3 is 6.41 Å². The SMILES string of the molecule is Cc1c(-c2nc3ncc(-c4ccccc4Cl)cc3[nH]2)cnn1C(C)(C)C.[H-].[Na+]. The molecule has 0 fully saturated rings. The summed E-state index contributed by atoms with van der Waals surface area (Å²) in [7, 11) is 0.